The quantitative estimate of drug-likeness (QED) is 0.668. The third kappa shape index (κ3) is 3.07. The number of imidazole rings is 1. The van der Waals surface area contributed by atoms with Gasteiger partial charge in [-0.3, -0.25) is 4.79 Å². The van der Waals surface area contributed by atoms with E-state index in [1.54, 1.807) is 12.4 Å². The molecular formula is C11H15N3O4. The topological polar surface area (TPSA) is 104 Å². The maximum absolute atomic E-state index is 11.7. The minimum atomic E-state index is -1.01. The average Bonchev–Trinajstić information content (AvgIpc) is 2.99. The molecule has 0 bridgehead atoms. The molecule has 7 nitrogen and oxygen atoms in total. The number of rotatable bonds is 5. The van der Waals surface area contributed by atoms with Crippen LogP contribution in [0.5, 0.6) is 0 Å². The molecular weight excluding hydrogens is 238 g/mol. The number of carbonyl (C=O) groups excluding carboxylic acids is 1. The van der Waals surface area contributed by atoms with Gasteiger partial charge in [-0.1, -0.05) is 0 Å². The van der Waals surface area contributed by atoms with Crippen molar-refractivity contribution in [2.45, 2.75) is 31.5 Å². The van der Waals surface area contributed by atoms with Crippen LogP contribution in [0.3, 0.4) is 0 Å². The number of amides is 1. The lowest BCUT2D eigenvalue weighted by Crippen LogP contribution is -2.36. The molecule has 1 amide bonds. The Bertz CT molecular complexity index is 418. The van der Waals surface area contributed by atoms with E-state index in [0.29, 0.717) is 25.8 Å². The highest BCUT2D eigenvalue weighted by Gasteiger charge is 2.34. The minimum Gasteiger partial charge on any atom is -0.479 e. The number of carboxylic acid groups (broad SMARTS) is 1. The summed E-state index contributed by atoms with van der Waals surface area (Å²) in [7, 11) is 0. The van der Waals surface area contributed by atoms with Crippen molar-refractivity contribution in [1.82, 2.24) is 15.3 Å². The van der Waals surface area contributed by atoms with E-state index >= 15 is 0 Å². The predicted molar refractivity (Wildman–Crippen MR) is 60.8 cm³/mol. The molecule has 2 unspecified atom stereocenters. The highest BCUT2D eigenvalue weighted by atomic mass is 16.5. The summed E-state index contributed by atoms with van der Waals surface area (Å²) < 4.78 is 5.14. The molecule has 18 heavy (non-hydrogen) atoms. The normalized spacial score (nSPS) is 22.9. The number of carboxylic acids is 1. The summed E-state index contributed by atoms with van der Waals surface area (Å²) in [6.45, 7) is 0.448. The number of nitrogens with one attached hydrogen (secondary N) is 2. The molecule has 7 heteroatoms. The van der Waals surface area contributed by atoms with Crippen LogP contribution in [0.25, 0.3) is 0 Å². The molecule has 2 atom stereocenters. The van der Waals surface area contributed by atoms with Gasteiger partial charge in [-0.2, -0.15) is 0 Å². The number of ether oxygens (including phenoxy) is 1. The third-order valence-corrected chi connectivity index (χ3v) is 2.80. The average molecular weight is 253 g/mol. The number of H-pyrrole nitrogens is 1. The predicted octanol–water partition coefficient (Wildman–Crippen LogP) is -0.299. The van der Waals surface area contributed by atoms with Crippen LogP contribution < -0.4 is 5.32 Å². The zero-order valence-electron chi connectivity index (χ0n) is 9.76. The summed E-state index contributed by atoms with van der Waals surface area (Å²) in [4.78, 5) is 29.3. The number of aromatic amines is 1. The molecule has 0 saturated carbocycles. The maximum atomic E-state index is 11.7. The van der Waals surface area contributed by atoms with Crippen LogP contribution in [0.2, 0.25) is 0 Å². The van der Waals surface area contributed by atoms with Crippen LogP contribution in [-0.4, -0.2) is 45.7 Å². The molecule has 0 aliphatic carbocycles. The van der Waals surface area contributed by atoms with Crippen molar-refractivity contribution in [3.63, 3.8) is 0 Å². The van der Waals surface area contributed by atoms with E-state index in [9.17, 15) is 9.59 Å². The van der Waals surface area contributed by atoms with Crippen molar-refractivity contribution in [2.75, 3.05) is 6.54 Å². The van der Waals surface area contributed by atoms with Gasteiger partial charge in [0.25, 0.3) is 0 Å². The van der Waals surface area contributed by atoms with Crippen LogP contribution in [0, 0.1) is 0 Å². The number of nitrogens with zero attached hydrogens (tertiary/aromatic N) is 1. The van der Waals surface area contributed by atoms with Gasteiger partial charge in [-0.05, 0) is 12.8 Å². The van der Waals surface area contributed by atoms with E-state index in [1.165, 1.54) is 0 Å². The van der Waals surface area contributed by atoms with Crippen LogP contribution in [-0.2, 0) is 20.7 Å². The fourth-order valence-corrected chi connectivity index (χ4v) is 1.86. The van der Waals surface area contributed by atoms with E-state index in [0.717, 1.165) is 5.82 Å². The van der Waals surface area contributed by atoms with Crippen molar-refractivity contribution in [3.8, 4) is 0 Å². The molecule has 0 radical (unpaired) electrons. The minimum absolute atomic E-state index is 0.259. The summed E-state index contributed by atoms with van der Waals surface area (Å²) in [5, 5.41) is 11.5. The van der Waals surface area contributed by atoms with Gasteiger partial charge in [-0.15, -0.1) is 0 Å². The first-order valence-electron chi connectivity index (χ1n) is 5.81. The highest BCUT2D eigenvalue weighted by molar-refractivity contribution is 5.82. The molecule has 1 aliphatic heterocycles. The van der Waals surface area contributed by atoms with E-state index in [2.05, 4.69) is 15.3 Å². The SMILES string of the molecule is O=C(O)C1CCC(C(=O)NCCc2ncc[nH]2)O1. The Morgan fingerprint density at radius 3 is 2.89 bits per heavy atom. The van der Waals surface area contributed by atoms with Crippen molar-refractivity contribution < 1.29 is 19.4 Å². The van der Waals surface area contributed by atoms with Gasteiger partial charge >= 0.3 is 5.97 Å². The van der Waals surface area contributed by atoms with Crippen molar-refractivity contribution in [3.05, 3.63) is 18.2 Å². The Labute approximate surface area is 104 Å². The first-order valence-corrected chi connectivity index (χ1v) is 5.81. The van der Waals surface area contributed by atoms with Crippen molar-refractivity contribution >= 4 is 11.9 Å². The smallest absolute Gasteiger partial charge is 0.332 e. The first-order chi connectivity index (χ1) is 8.66. The Balaban J connectivity index is 1.71. The van der Waals surface area contributed by atoms with Gasteiger partial charge in [0.15, 0.2) is 6.10 Å². The summed E-state index contributed by atoms with van der Waals surface area (Å²) in [5.74, 6) is -0.475. The van der Waals surface area contributed by atoms with Crippen molar-refractivity contribution in [1.29, 1.82) is 0 Å². The fourth-order valence-electron chi connectivity index (χ4n) is 1.86. The second kappa shape index (κ2) is 5.63. The number of aromatic nitrogens is 2. The Hall–Kier alpha value is -1.89. The summed E-state index contributed by atoms with van der Waals surface area (Å²) in [5.41, 5.74) is 0. The van der Waals surface area contributed by atoms with Gasteiger partial charge in [0.1, 0.15) is 11.9 Å². The number of hydrogen-bond donors (Lipinski definition) is 3. The molecule has 2 rings (SSSR count). The monoisotopic (exact) mass is 253 g/mol. The van der Waals surface area contributed by atoms with E-state index in [4.69, 9.17) is 9.84 Å². The van der Waals surface area contributed by atoms with E-state index in [-0.39, 0.29) is 5.91 Å². The van der Waals surface area contributed by atoms with Crippen LogP contribution in [0.1, 0.15) is 18.7 Å². The highest BCUT2D eigenvalue weighted by Crippen LogP contribution is 2.19. The van der Waals surface area contributed by atoms with Gasteiger partial charge in [-0.25, -0.2) is 9.78 Å². The van der Waals surface area contributed by atoms with Gasteiger partial charge in [0, 0.05) is 25.4 Å². The lowest BCUT2D eigenvalue weighted by molar-refractivity contribution is -0.151. The maximum Gasteiger partial charge on any atom is 0.332 e. The molecule has 1 fully saturated rings. The van der Waals surface area contributed by atoms with E-state index in [1.807, 2.05) is 0 Å². The molecule has 0 aromatic carbocycles. The van der Waals surface area contributed by atoms with Crippen LogP contribution >= 0.6 is 0 Å². The van der Waals surface area contributed by atoms with Gasteiger partial charge < -0.3 is 20.1 Å². The summed E-state index contributed by atoms with van der Waals surface area (Å²) >= 11 is 0. The molecule has 98 valence electrons. The summed E-state index contributed by atoms with van der Waals surface area (Å²) in [6, 6.07) is 0. The van der Waals surface area contributed by atoms with Crippen LogP contribution in [0.4, 0.5) is 0 Å². The molecule has 1 aromatic heterocycles. The van der Waals surface area contributed by atoms with Crippen molar-refractivity contribution in [2.24, 2.45) is 0 Å². The number of carbonyl (C=O) groups is 2. The van der Waals surface area contributed by atoms with E-state index < -0.39 is 18.2 Å². The fraction of sp³-hybridized carbons (Fsp3) is 0.545. The zero-order chi connectivity index (χ0) is 13.0. The number of aliphatic carboxylic acids is 1. The zero-order valence-corrected chi connectivity index (χ0v) is 9.76. The van der Waals surface area contributed by atoms with Crippen LogP contribution in [0.15, 0.2) is 12.4 Å². The second-order valence-corrected chi connectivity index (χ2v) is 4.11. The molecule has 1 saturated heterocycles. The third-order valence-electron chi connectivity index (χ3n) is 2.80. The van der Waals surface area contributed by atoms with Gasteiger partial charge in [0.2, 0.25) is 5.91 Å². The Morgan fingerprint density at radius 2 is 2.28 bits per heavy atom. The Morgan fingerprint density at radius 1 is 1.50 bits per heavy atom. The molecule has 0 spiro atoms. The second-order valence-electron chi connectivity index (χ2n) is 4.11. The standard InChI is InChI=1S/C11H15N3O4/c15-10(7-1-2-8(18-7)11(16)17)14-4-3-9-12-5-6-13-9/h5-8H,1-4H2,(H,12,13)(H,14,15)(H,16,17). The summed E-state index contributed by atoms with van der Waals surface area (Å²) in [6.07, 6.45) is 3.29. The number of hydrogen-bond acceptors (Lipinski definition) is 4. The molecule has 3 N–H and O–H groups in total. The molecule has 2 heterocycles. The van der Waals surface area contributed by atoms with Gasteiger partial charge in [0.05, 0.1) is 0 Å². The Kier molecular flexibility index (Phi) is 3.93. The lowest BCUT2D eigenvalue weighted by Gasteiger charge is -2.11. The lowest BCUT2D eigenvalue weighted by atomic mass is 10.2. The molecule has 1 aromatic rings. The molecule has 1 aliphatic rings. The largest absolute Gasteiger partial charge is 0.479 e. The first kappa shape index (κ1) is 12.6.